The van der Waals surface area contributed by atoms with Crippen LogP contribution in [0.5, 0.6) is 0 Å². The number of benzene rings is 1. The molecule has 3 heterocycles. The third kappa shape index (κ3) is 4.17. The monoisotopic (exact) mass is 512 g/mol. The molecule has 1 aliphatic rings. The number of hydrogen-bond donors (Lipinski definition) is 1. The summed E-state index contributed by atoms with van der Waals surface area (Å²) in [6.07, 6.45) is 2.05. The first-order chi connectivity index (χ1) is 15.4. The average Bonchev–Trinajstić information content (AvgIpc) is 3.28. The minimum absolute atomic E-state index is 0.107. The highest BCUT2D eigenvalue weighted by molar-refractivity contribution is 9.10. The fourth-order valence-electron chi connectivity index (χ4n) is 4.39. The Balaban J connectivity index is 1.81. The number of para-hydroxylation sites is 1. The number of carbonyl (C=O) groups is 1. The molecule has 1 aromatic carbocycles. The van der Waals surface area contributed by atoms with E-state index in [4.69, 9.17) is 17.0 Å². The van der Waals surface area contributed by atoms with Crippen LogP contribution in [0.3, 0.4) is 0 Å². The molecule has 0 unspecified atom stereocenters. The summed E-state index contributed by atoms with van der Waals surface area (Å²) in [6.45, 7) is 4.69. The second kappa shape index (κ2) is 9.42. The maximum Gasteiger partial charge on any atom is 0.307 e. The quantitative estimate of drug-likeness (QED) is 0.378. The molecule has 3 aromatic rings. The zero-order valence-electron chi connectivity index (χ0n) is 18.2. The number of halogens is 1. The van der Waals surface area contributed by atoms with Crippen molar-refractivity contribution in [2.45, 2.75) is 32.4 Å². The van der Waals surface area contributed by atoms with E-state index < -0.39 is 0 Å². The molecule has 166 valence electrons. The molecule has 4 rings (SSSR count). The number of pyridine rings is 1. The Bertz CT molecular complexity index is 1150. The van der Waals surface area contributed by atoms with Gasteiger partial charge in [-0.3, -0.25) is 9.78 Å². The van der Waals surface area contributed by atoms with E-state index in [1.165, 1.54) is 7.11 Å². The van der Waals surface area contributed by atoms with Crippen molar-refractivity contribution in [1.29, 1.82) is 0 Å². The van der Waals surface area contributed by atoms with Crippen molar-refractivity contribution in [3.05, 3.63) is 81.8 Å². The minimum atomic E-state index is -0.258. The second-order valence-electron chi connectivity index (χ2n) is 7.76. The van der Waals surface area contributed by atoms with Crippen molar-refractivity contribution in [3.63, 3.8) is 0 Å². The Morgan fingerprint density at radius 3 is 2.66 bits per heavy atom. The summed E-state index contributed by atoms with van der Waals surface area (Å²) in [5.74, 6) is -0.258. The Morgan fingerprint density at radius 1 is 1.22 bits per heavy atom. The van der Waals surface area contributed by atoms with E-state index in [-0.39, 0.29) is 24.5 Å². The van der Waals surface area contributed by atoms with Gasteiger partial charge in [0, 0.05) is 28.6 Å². The summed E-state index contributed by atoms with van der Waals surface area (Å²) in [6, 6.07) is 16.0. The molecule has 32 heavy (non-hydrogen) atoms. The van der Waals surface area contributed by atoms with Gasteiger partial charge in [-0.05, 0) is 77.9 Å². The van der Waals surface area contributed by atoms with E-state index >= 15 is 0 Å². The van der Waals surface area contributed by atoms with E-state index in [1.807, 2.05) is 36.4 Å². The first-order valence-corrected chi connectivity index (χ1v) is 11.6. The van der Waals surface area contributed by atoms with Crippen molar-refractivity contribution in [1.82, 2.24) is 19.8 Å². The number of ether oxygens (including phenoxy) is 1. The van der Waals surface area contributed by atoms with Crippen molar-refractivity contribution in [2.24, 2.45) is 0 Å². The maximum atomic E-state index is 11.9. The Hall–Kier alpha value is -2.71. The van der Waals surface area contributed by atoms with Crippen LogP contribution in [0.1, 0.15) is 41.1 Å². The molecule has 0 spiro atoms. The molecule has 6 nitrogen and oxygen atoms in total. The number of esters is 1. The topological polar surface area (TPSA) is 59.4 Å². The van der Waals surface area contributed by atoms with Gasteiger partial charge in [0.15, 0.2) is 5.11 Å². The number of carbonyl (C=O) groups excluding carboxylic acids is 1. The van der Waals surface area contributed by atoms with Gasteiger partial charge in [-0.2, -0.15) is 0 Å². The van der Waals surface area contributed by atoms with Crippen molar-refractivity contribution >= 4 is 39.2 Å². The van der Waals surface area contributed by atoms with Crippen LogP contribution in [-0.4, -0.2) is 39.2 Å². The summed E-state index contributed by atoms with van der Waals surface area (Å²) >= 11 is 9.39. The smallest absolute Gasteiger partial charge is 0.307 e. The summed E-state index contributed by atoms with van der Waals surface area (Å²) in [4.78, 5) is 18.6. The molecule has 1 fully saturated rings. The number of methoxy groups -OCH3 is 1. The van der Waals surface area contributed by atoms with Crippen LogP contribution in [0.15, 0.2) is 59.2 Å². The van der Waals surface area contributed by atoms with Gasteiger partial charge >= 0.3 is 5.97 Å². The van der Waals surface area contributed by atoms with Crippen LogP contribution >= 0.6 is 28.1 Å². The van der Waals surface area contributed by atoms with Crippen LogP contribution in [0, 0.1) is 13.8 Å². The van der Waals surface area contributed by atoms with Gasteiger partial charge in [-0.25, -0.2) is 0 Å². The normalized spacial score (nSPS) is 18.0. The second-order valence-corrected chi connectivity index (χ2v) is 9.00. The molecule has 1 N–H and O–H groups in total. The first-order valence-electron chi connectivity index (χ1n) is 10.4. The number of aryl methyl sites for hydroxylation is 1. The van der Waals surface area contributed by atoms with Gasteiger partial charge in [-0.15, -0.1) is 0 Å². The summed E-state index contributed by atoms with van der Waals surface area (Å²) in [7, 11) is 1.41. The van der Waals surface area contributed by atoms with E-state index in [2.05, 4.69) is 61.7 Å². The standard InChI is InChI=1S/C24H25BrN4O2S/c1-15-14-17(16(2)29(15)20-10-5-4-8-18(20)25)23-22(19-9-6-7-12-26-19)27-24(32)28(23)13-11-21(30)31-3/h4-10,12,14,22-23H,11,13H2,1-3H3,(H,27,32)/t22-,23-/m1/s1. The Labute approximate surface area is 201 Å². The predicted octanol–water partition coefficient (Wildman–Crippen LogP) is 4.79. The lowest BCUT2D eigenvalue weighted by Crippen LogP contribution is -2.32. The van der Waals surface area contributed by atoms with Crippen molar-refractivity contribution in [3.8, 4) is 5.69 Å². The van der Waals surface area contributed by atoms with Gasteiger partial charge in [0.05, 0.1) is 37.0 Å². The van der Waals surface area contributed by atoms with Gasteiger partial charge in [0.1, 0.15) is 0 Å². The van der Waals surface area contributed by atoms with Crippen molar-refractivity contribution in [2.75, 3.05) is 13.7 Å². The maximum absolute atomic E-state index is 11.9. The zero-order chi connectivity index (χ0) is 22.8. The molecule has 2 atom stereocenters. The van der Waals surface area contributed by atoms with Crippen LogP contribution in [0.4, 0.5) is 0 Å². The largest absolute Gasteiger partial charge is 0.469 e. The fraction of sp³-hybridized carbons (Fsp3) is 0.292. The van der Waals surface area contributed by atoms with Crippen LogP contribution in [0.2, 0.25) is 0 Å². The fourth-order valence-corrected chi connectivity index (χ4v) is 5.18. The van der Waals surface area contributed by atoms with Crippen molar-refractivity contribution < 1.29 is 9.53 Å². The third-order valence-corrected chi connectivity index (χ3v) is 6.89. The summed E-state index contributed by atoms with van der Waals surface area (Å²) in [5.41, 5.74) is 5.37. The van der Waals surface area contributed by atoms with Crippen LogP contribution < -0.4 is 5.32 Å². The molecule has 0 bridgehead atoms. The lowest BCUT2D eigenvalue weighted by Gasteiger charge is -2.28. The number of nitrogens with zero attached hydrogens (tertiary/aromatic N) is 3. The number of thiocarbonyl (C=S) groups is 1. The highest BCUT2D eigenvalue weighted by Crippen LogP contribution is 2.41. The first kappa shape index (κ1) is 22.5. The SMILES string of the molecule is COC(=O)CCN1C(=S)N[C@H](c2ccccn2)[C@H]1c1cc(C)n(-c2ccccc2Br)c1C. The zero-order valence-corrected chi connectivity index (χ0v) is 20.6. The molecular formula is C24H25BrN4O2S. The highest BCUT2D eigenvalue weighted by atomic mass is 79.9. The van der Waals surface area contributed by atoms with Gasteiger partial charge in [0.25, 0.3) is 0 Å². The number of hydrogen-bond acceptors (Lipinski definition) is 4. The number of nitrogens with one attached hydrogen (secondary N) is 1. The van der Waals surface area contributed by atoms with E-state index in [0.717, 1.165) is 32.8 Å². The molecular weight excluding hydrogens is 488 g/mol. The van der Waals surface area contributed by atoms with E-state index in [0.29, 0.717) is 11.7 Å². The van der Waals surface area contributed by atoms with Gasteiger partial charge in [-0.1, -0.05) is 18.2 Å². The molecule has 0 amide bonds. The number of rotatable bonds is 6. The molecule has 0 saturated carbocycles. The van der Waals surface area contributed by atoms with Gasteiger partial charge in [0.2, 0.25) is 0 Å². The van der Waals surface area contributed by atoms with E-state index in [9.17, 15) is 4.79 Å². The molecule has 8 heteroatoms. The van der Waals surface area contributed by atoms with Crippen LogP contribution in [0.25, 0.3) is 5.69 Å². The lowest BCUT2D eigenvalue weighted by molar-refractivity contribution is -0.140. The molecule has 0 aliphatic carbocycles. The molecule has 0 radical (unpaired) electrons. The third-order valence-electron chi connectivity index (χ3n) is 5.86. The van der Waals surface area contributed by atoms with Gasteiger partial charge < -0.3 is 19.5 Å². The summed E-state index contributed by atoms with van der Waals surface area (Å²) < 4.78 is 8.13. The molecule has 2 aromatic heterocycles. The highest BCUT2D eigenvalue weighted by Gasteiger charge is 2.41. The Kier molecular flexibility index (Phi) is 6.62. The molecule has 1 aliphatic heterocycles. The average molecular weight is 513 g/mol. The van der Waals surface area contributed by atoms with E-state index in [1.54, 1.807) is 6.20 Å². The summed E-state index contributed by atoms with van der Waals surface area (Å²) in [5, 5.41) is 4.05. The minimum Gasteiger partial charge on any atom is -0.469 e. The Morgan fingerprint density at radius 2 is 1.97 bits per heavy atom. The van der Waals surface area contributed by atoms with Crippen LogP contribution in [-0.2, 0) is 9.53 Å². The predicted molar refractivity (Wildman–Crippen MR) is 132 cm³/mol. The number of aromatic nitrogens is 2. The molecule has 1 saturated heterocycles. The lowest BCUT2D eigenvalue weighted by atomic mass is 9.96.